The number of aliphatic carboxylic acids is 1. The number of methoxy groups -OCH3 is 1. The van der Waals surface area contributed by atoms with Crippen molar-refractivity contribution in [3.63, 3.8) is 0 Å². The maximum Gasteiger partial charge on any atom is 0.305 e. The Bertz CT molecular complexity index is 408. The average Bonchev–Trinajstić information content (AvgIpc) is 3.23. The second kappa shape index (κ2) is 6.21. The number of ether oxygens (including phenoxy) is 1. The number of rotatable bonds is 6. The standard InChI is InChI=1S/C13H20N2O5/c1-20-7-6-14-4-5-15(12(18)9-2-3-9)10(13(14)19)8-11(16)17/h9-10H,2-8H2,1H3,(H,16,17). The van der Waals surface area contributed by atoms with E-state index in [1.165, 1.54) is 4.90 Å². The van der Waals surface area contributed by atoms with Crippen molar-refractivity contribution in [1.29, 1.82) is 0 Å². The Morgan fingerprint density at radius 3 is 2.60 bits per heavy atom. The Kier molecular flexibility index (Phi) is 4.59. The third-order valence-electron chi connectivity index (χ3n) is 3.73. The number of carbonyl (C=O) groups is 3. The van der Waals surface area contributed by atoms with Gasteiger partial charge in [0.1, 0.15) is 6.04 Å². The molecule has 2 amide bonds. The Hall–Kier alpha value is -1.63. The van der Waals surface area contributed by atoms with E-state index in [4.69, 9.17) is 9.84 Å². The van der Waals surface area contributed by atoms with Crippen molar-refractivity contribution >= 4 is 17.8 Å². The van der Waals surface area contributed by atoms with Crippen LogP contribution in [0, 0.1) is 5.92 Å². The van der Waals surface area contributed by atoms with Gasteiger partial charge in [0.15, 0.2) is 0 Å². The van der Waals surface area contributed by atoms with Gasteiger partial charge in [0, 0.05) is 32.7 Å². The lowest BCUT2D eigenvalue weighted by Crippen LogP contribution is -2.60. The maximum absolute atomic E-state index is 12.3. The van der Waals surface area contributed by atoms with Crippen molar-refractivity contribution in [2.75, 3.05) is 33.4 Å². The first-order chi connectivity index (χ1) is 9.54. The molecule has 2 rings (SSSR count). The zero-order chi connectivity index (χ0) is 14.7. The van der Waals surface area contributed by atoms with Crippen LogP contribution in [0.25, 0.3) is 0 Å². The van der Waals surface area contributed by atoms with Crippen LogP contribution in [0.4, 0.5) is 0 Å². The van der Waals surface area contributed by atoms with Gasteiger partial charge < -0.3 is 19.6 Å². The van der Waals surface area contributed by atoms with E-state index < -0.39 is 12.0 Å². The fourth-order valence-corrected chi connectivity index (χ4v) is 2.45. The van der Waals surface area contributed by atoms with E-state index in [2.05, 4.69) is 0 Å². The van der Waals surface area contributed by atoms with Crippen LogP contribution in [-0.2, 0) is 19.1 Å². The molecule has 1 heterocycles. The normalized spacial score (nSPS) is 23.1. The number of hydrogen-bond acceptors (Lipinski definition) is 4. The molecule has 1 atom stereocenters. The number of nitrogens with zero attached hydrogens (tertiary/aromatic N) is 2. The van der Waals surface area contributed by atoms with Crippen molar-refractivity contribution < 1.29 is 24.2 Å². The molecule has 1 saturated heterocycles. The summed E-state index contributed by atoms with van der Waals surface area (Å²) in [6.45, 7) is 1.68. The smallest absolute Gasteiger partial charge is 0.305 e. The molecule has 0 radical (unpaired) electrons. The summed E-state index contributed by atoms with van der Waals surface area (Å²) in [7, 11) is 1.55. The van der Waals surface area contributed by atoms with Crippen molar-refractivity contribution in [1.82, 2.24) is 9.80 Å². The number of hydrogen-bond donors (Lipinski definition) is 1. The van der Waals surface area contributed by atoms with Gasteiger partial charge in [-0.05, 0) is 12.8 Å². The van der Waals surface area contributed by atoms with Crippen molar-refractivity contribution in [3.05, 3.63) is 0 Å². The molecule has 1 N–H and O–H groups in total. The first kappa shape index (κ1) is 14.8. The van der Waals surface area contributed by atoms with E-state index >= 15 is 0 Å². The highest BCUT2D eigenvalue weighted by Gasteiger charge is 2.43. The summed E-state index contributed by atoms with van der Waals surface area (Å²) < 4.78 is 4.94. The second-order valence-corrected chi connectivity index (χ2v) is 5.24. The number of carbonyl (C=O) groups excluding carboxylic acids is 2. The Labute approximate surface area is 117 Å². The third-order valence-corrected chi connectivity index (χ3v) is 3.73. The minimum Gasteiger partial charge on any atom is -0.481 e. The molecule has 20 heavy (non-hydrogen) atoms. The molecular weight excluding hydrogens is 264 g/mol. The van der Waals surface area contributed by atoms with Gasteiger partial charge in [-0.1, -0.05) is 0 Å². The molecule has 0 aromatic rings. The molecular formula is C13H20N2O5. The molecule has 1 aliphatic carbocycles. The lowest BCUT2D eigenvalue weighted by molar-refractivity contribution is -0.156. The summed E-state index contributed by atoms with van der Waals surface area (Å²) in [6.07, 6.45) is 1.36. The van der Waals surface area contributed by atoms with E-state index in [-0.39, 0.29) is 24.2 Å². The Morgan fingerprint density at radius 1 is 1.35 bits per heavy atom. The first-order valence-electron chi connectivity index (χ1n) is 6.84. The maximum atomic E-state index is 12.3. The van der Waals surface area contributed by atoms with Crippen LogP contribution in [0.2, 0.25) is 0 Å². The minimum absolute atomic E-state index is 0.00961. The van der Waals surface area contributed by atoms with Crippen LogP contribution in [-0.4, -0.2) is 72.1 Å². The van der Waals surface area contributed by atoms with Gasteiger partial charge in [-0.3, -0.25) is 14.4 Å². The van der Waals surface area contributed by atoms with Crippen LogP contribution in [0.15, 0.2) is 0 Å². The van der Waals surface area contributed by atoms with Gasteiger partial charge in [-0.15, -0.1) is 0 Å². The van der Waals surface area contributed by atoms with Crippen molar-refractivity contribution in [2.45, 2.75) is 25.3 Å². The zero-order valence-corrected chi connectivity index (χ0v) is 11.6. The molecule has 1 unspecified atom stereocenters. The van der Waals surface area contributed by atoms with Gasteiger partial charge in [0.05, 0.1) is 13.0 Å². The molecule has 0 aromatic carbocycles. The molecule has 0 aromatic heterocycles. The highest BCUT2D eigenvalue weighted by Crippen LogP contribution is 2.32. The van der Waals surface area contributed by atoms with Crippen molar-refractivity contribution in [3.8, 4) is 0 Å². The summed E-state index contributed by atoms with van der Waals surface area (Å²) in [5.41, 5.74) is 0. The second-order valence-electron chi connectivity index (χ2n) is 5.24. The lowest BCUT2D eigenvalue weighted by Gasteiger charge is -2.40. The van der Waals surface area contributed by atoms with Crippen LogP contribution < -0.4 is 0 Å². The number of piperazine rings is 1. The van der Waals surface area contributed by atoms with E-state index in [1.54, 1.807) is 12.0 Å². The molecule has 7 nitrogen and oxygen atoms in total. The number of amides is 2. The molecule has 2 fully saturated rings. The third kappa shape index (κ3) is 3.27. The quantitative estimate of drug-likeness (QED) is 0.714. The van der Waals surface area contributed by atoms with E-state index in [0.29, 0.717) is 26.2 Å². The molecule has 112 valence electrons. The molecule has 7 heteroatoms. The van der Waals surface area contributed by atoms with E-state index in [0.717, 1.165) is 12.8 Å². The Morgan fingerprint density at radius 2 is 2.05 bits per heavy atom. The number of carboxylic acids is 1. The minimum atomic E-state index is -1.06. The molecule has 1 saturated carbocycles. The Balaban J connectivity index is 2.07. The topological polar surface area (TPSA) is 87.2 Å². The molecule has 2 aliphatic rings. The SMILES string of the molecule is COCCN1CCN(C(=O)C2CC2)C(CC(=O)O)C1=O. The highest BCUT2D eigenvalue weighted by molar-refractivity contribution is 5.92. The van der Waals surface area contributed by atoms with Crippen LogP contribution in [0.3, 0.4) is 0 Å². The number of carboxylic acid groups (broad SMARTS) is 1. The van der Waals surface area contributed by atoms with Gasteiger partial charge in [0.2, 0.25) is 11.8 Å². The fraction of sp³-hybridized carbons (Fsp3) is 0.769. The lowest BCUT2D eigenvalue weighted by atomic mass is 10.1. The predicted molar refractivity (Wildman–Crippen MR) is 68.9 cm³/mol. The van der Waals surface area contributed by atoms with Crippen molar-refractivity contribution in [2.24, 2.45) is 5.92 Å². The van der Waals surface area contributed by atoms with Gasteiger partial charge in [-0.2, -0.15) is 0 Å². The molecule has 0 spiro atoms. The van der Waals surface area contributed by atoms with Crippen LogP contribution in [0.1, 0.15) is 19.3 Å². The monoisotopic (exact) mass is 284 g/mol. The highest BCUT2D eigenvalue weighted by atomic mass is 16.5. The summed E-state index contributed by atoms with van der Waals surface area (Å²) in [5.74, 6) is -1.43. The van der Waals surface area contributed by atoms with E-state index in [1.807, 2.05) is 0 Å². The fourth-order valence-electron chi connectivity index (χ4n) is 2.45. The van der Waals surface area contributed by atoms with E-state index in [9.17, 15) is 14.4 Å². The molecule has 1 aliphatic heterocycles. The average molecular weight is 284 g/mol. The van der Waals surface area contributed by atoms with Gasteiger partial charge in [0.25, 0.3) is 0 Å². The van der Waals surface area contributed by atoms with Crippen LogP contribution >= 0.6 is 0 Å². The molecule has 0 bridgehead atoms. The van der Waals surface area contributed by atoms with Gasteiger partial charge in [-0.25, -0.2) is 0 Å². The first-order valence-corrected chi connectivity index (χ1v) is 6.84. The van der Waals surface area contributed by atoms with Gasteiger partial charge >= 0.3 is 5.97 Å². The largest absolute Gasteiger partial charge is 0.481 e. The van der Waals surface area contributed by atoms with Crippen LogP contribution in [0.5, 0.6) is 0 Å². The summed E-state index contributed by atoms with van der Waals surface area (Å²) in [6, 6.07) is -0.869. The summed E-state index contributed by atoms with van der Waals surface area (Å²) in [5, 5.41) is 8.97. The zero-order valence-electron chi connectivity index (χ0n) is 11.6. The predicted octanol–water partition coefficient (Wildman–Crippen LogP) is -0.443. The summed E-state index contributed by atoms with van der Waals surface area (Å²) >= 11 is 0. The summed E-state index contributed by atoms with van der Waals surface area (Å²) in [4.78, 5) is 38.5.